The smallest absolute Gasteiger partial charge is 0.319 e. The van der Waals surface area contributed by atoms with Gasteiger partial charge >= 0.3 is 6.03 Å². The Morgan fingerprint density at radius 1 is 1.31 bits per heavy atom. The molecule has 3 N–H and O–H groups in total. The van der Waals surface area contributed by atoms with Crippen molar-refractivity contribution < 1.29 is 4.79 Å². The SMILES string of the molecule is CCc1nc(-c2cccc(NC(=O)N[C@@H](CC)c3ccnn3C)c2)n[nH]1. The van der Waals surface area contributed by atoms with E-state index in [1.54, 1.807) is 10.9 Å². The molecule has 0 aliphatic carbocycles. The molecule has 1 aromatic carbocycles. The van der Waals surface area contributed by atoms with E-state index >= 15 is 0 Å². The van der Waals surface area contributed by atoms with Gasteiger partial charge in [-0.2, -0.15) is 10.2 Å². The maximum Gasteiger partial charge on any atom is 0.319 e. The van der Waals surface area contributed by atoms with E-state index in [9.17, 15) is 4.79 Å². The lowest BCUT2D eigenvalue weighted by molar-refractivity contribution is 0.247. The van der Waals surface area contributed by atoms with Gasteiger partial charge in [-0.3, -0.25) is 9.78 Å². The summed E-state index contributed by atoms with van der Waals surface area (Å²) in [5, 5.41) is 17.1. The monoisotopic (exact) mass is 353 g/mol. The fraction of sp³-hybridized carbons (Fsp3) is 0.333. The Morgan fingerprint density at radius 2 is 2.15 bits per heavy atom. The van der Waals surface area contributed by atoms with Crippen LogP contribution in [0, 0.1) is 0 Å². The minimum atomic E-state index is -0.264. The van der Waals surface area contributed by atoms with Crippen LogP contribution in [0.5, 0.6) is 0 Å². The van der Waals surface area contributed by atoms with Crippen LogP contribution in [0.2, 0.25) is 0 Å². The summed E-state index contributed by atoms with van der Waals surface area (Å²) in [4.78, 5) is 16.8. The minimum Gasteiger partial charge on any atom is -0.330 e. The predicted octanol–water partition coefficient (Wildman–Crippen LogP) is 3.04. The van der Waals surface area contributed by atoms with Crippen LogP contribution in [0.25, 0.3) is 11.4 Å². The molecule has 2 heterocycles. The van der Waals surface area contributed by atoms with Crippen LogP contribution in [0.4, 0.5) is 10.5 Å². The molecule has 0 aliphatic rings. The Morgan fingerprint density at radius 3 is 2.81 bits per heavy atom. The third-order valence-corrected chi connectivity index (χ3v) is 4.17. The average Bonchev–Trinajstić information content (AvgIpc) is 3.29. The molecule has 0 saturated carbocycles. The summed E-state index contributed by atoms with van der Waals surface area (Å²) < 4.78 is 1.77. The summed E-state index contributed by atoms with van der Waals surface area (Å²) in [5.74, 6) is 1.45. The Balaban J connectivity index is 1.69. The Hall–Kier alpha value is -3.16. The van der Waals surface area contributed by atoms with E-state index in [4.69, 9.17) is 0 Å². The summed E-state index contributed by atoms with van der Waals surface area (Å²) in [6, 6.07) is 9.00. The lowest BCUT2D eigenvalue weighted by atomic mass is 10.1. The Bertz CT molecular complexity index is 883. The van der Waals surface area contributed by atoms with E-state index in [1.165, 1.54) is 0 Å². The number of rotatable bonds is 6. The van der Waals surface area contributed by atoms with E-state index in [0.717, 1.165) is 29.9 Å². The first-order chi connectivity index (χ1) is 12.6. The molecule has 0 spiro atoms. The maximum atomic E-state index is 12.4. The van der Waals surface area contributed by atoms with Crippen LogP contribution in [0.1, 0.15) is 37.8 Å². The molecule has 26 heavy (non-hydrogen) atoms. The first-order valence-electron chi connectivity index (χ1n) is 8.67. The number of hydrogen-bond donors (Lipinski definition) is 3. The predicted molar refractivity (Wildman–Crippen MR) is 99.6 cm³/mol. The van der Waals surface area contributed by atoms with Gasteiger partial charge in [-0.05, 0) is 24.6 Å². The number of aromatic amines is 1. The second kappa shape index (κ2) is 7.81. The number of urea groups is 1. The van der Waals surface area contributed by atoms with E-state index in [-0.39, 0.29) is 12.1 Å². The number of nitrogens with one attached hydrogen (secondary N) is 3. The Labute approximate surface area is 152 Å². The zero-order valence-corrected chi connectivity index (χ0v) is 15.2. The van der Waals surface area contributed by atoms with Crippen molar-refractivity contribution in [2.75, 3.05) is 5.32 Å². The molecule has 0 aliphatic heterocycles. The molecule has 2 amide bonds. The number of carbonyl (C=O) groups excluding carboxylic acids is 1. The minimum absolute atomic E-state index is 0.106. The zero-order chi connectivity index (χ0) is 18.5. The van der Waals surface area contributed by atoms with Crippen molar-refractivity contribution in [3.63, 3.8) is 0 Å². The first-order valence-corrected chi connectivity index (χ1v) is 8.67. The molecule has 0 bridgehead atoms. The number of carbonyl (C=O) groups is 1. The van der Waals surface area contributed by atoms with Gasteiger partial charge in [-0.15, -0.1) is 0 Å². The molecule has 0 unspecified atom stereocenters. The quantitative estimate of drug-likeness (QED) is 0.634. The van der Waals surface area contributed by atoms with Crippen molar-refractivity contribution >= 4 is 11.7 Å². The van der Waals surface area contributed by atoms with Crippen LogP contribution in [-0.4, -0.2) is 31.0 Å². The molecular weight excluding hydrogens is 330 g/mol. The van der Waals surface area contributed by atoms with Crippen molar-refractivity contribution in [3.8, 4) is 11.4 Å². The highest BCUT2D eigenvalue weighted by Gasteiger charge is 2.16. The highest BCUT2D eigenvalue weighted by molar-refractivity contribution is 5.90. The fourth-order valence-corrected chi connectivity index (χ4v) is 2.76. The molecule has 0 radical (unpaired) electrons. The third-order valence-electron chi connectivity index (χ3n) is 4.17. The number of aromatic nitrogens is 5. The number of H-pyrrole nitrogens is 1. The van der Waals surface area contributed by atoms with Crippen molar-refractivity contribution in [1.82, 2.24) is 30.3 Å². The summed E-state index contributed by atoms with van der Waals surface area (Å²) in [6.45, 7) is 4.03. The van der Waals surface area contributed by atoms with E-state index in [2.05, 4.69) is 30.9 Å². The number of nitrogens with zero attached hydrogens (tertiary/aromatic N) is 4. The molecular formula is C18H23N7O. The van der Waals surface area contributed by atoms with Gasteiger partial charge in [0.05, 0.1) is 11.7 Å². The Kier molecular flexibility index (Phi) is 5.31. The van der Waals surface area contributed by atoms with Gasteiger partial charge in [0.1, 0.15) is 5.82 Å². The number of amides is 2. The van der Waals surface area contributed by atoms with Gasteiger partial charge in [0.2, 0.25) is 0 Å². The van der Waals surface area contributed by atoms with Gasteiger partial charge in [0, 0.05) is 30.9 Å². The van der Waals surface area contributed by atoms with Crippen LogP contribution >= 0.6 is 0 Å². The average molecular weight is 353 g/mol. The van der Waals surface area contributed by atoms with Crippen molar-refractivity contribution in [3.05, 3.63) is 48.0 Å². The van der Waals surface area contributed by atoms with E-state index in [0.29, 0.717) is 11.5 Å². The summed E-state index contributed by atoms with van der Waals surface area (Å²) in [5.41, 5.74) is 2.49. The molecule has 1 atom stereocenters. The maximum absolute atomic E-state index is 12.4. The third kappa shape index (κ3) is 3.90. The topological polar surface area (TPSA) is 101 Å². The van der Waals surface area contributed by atoms with Gasteiger partial charge in [-0.25, -0.2) is 9.78 Å². The van der Waals surface area contributed by atoms with E-state index in [1.807, 2.05) is 51.2 Å². The lowest BCUT2D eigenvalue weighted by Crippen LogP contribution is -2.33. The van der Waals surface area contributed by atoms with Crippen molar-refractivity contribution in [1.29, 1.82) is 0 Å². The zero-order valence-electron chi connectivity index (χ0n) is 15.2. The summed E-state index contributed by atoms with van der Waals surface area (Å²) >= 11 is 0. The van der Waals surface area contributed by atoms with Crippen molar-refractivity contribution in [2.45, 2.75) is 32.7 Å². The number of benzene rings is 1. The van der Waals surface area contributed by atoms with Crippen LogP contribution in [0.15, 0.2) is 36.5 Å². The molecule has 8 heteroatoms. The van der Waals surface area contributed by atoms with Crippen LogP contribution in [-0.2, 0) is 13.5 Å². The second-order valence-corrected chi connectivity index (χ2v) is 5.98. The van der Waals surface area contributed by atoms with Gasteiger partial charge in [-0.1, -0.05) is 26.0 Å². The van der Waals surface area contributed by atoms with Gasteiger partial charge in [0.15, 0.2) is 5.82 Å². The summed E-state index contributed by atoms with van der Waals surface area (Å²) in [6.07, 6.45) is 3.28. The first kappa shape index (κ1) is 17.7. The molecule has 0 fully saturated rings. The number of anilines is 1. The molecule has 8 nitrogen and oxygen atoms in total. The molecule has 3 aromatic rings. The molecule has 3 rings (SSSR count). The number of hydrogen-bond acceptors (Lipinski definition) is 4. The van der Waals surface area contributed by atoms with Gasteiger partial charge in [0.25, 0.3) is 0 Å². The van der Waals surface area contributed by atoms with Gasteiger partial charge < -0.3 is 10.6 Å². The highest BCUT2D eigenvalue weighted by Crippen LogP contribution is 2.20. The molecule has 0 saturated heterocycles. The summed E-state index contributed by atoms with van der Waals surface area (Å²) in [7, 11) is 1.86. The van der Waals surface area contributed by atoms with Crippen LogP contribution < -0.4 is 10.6 Å². The highest BCUT2D eigenvalue weighted by atomic mass is 16.2. The fourth-order valence-electron chi connectivity index (χ4n) is 2.76. The molecule has 136 valence electrons. The standard InChI is InChI=1S/C18H23N7O/c1-4-14(15-9-10-19-25(15)3)21-18(26)20-13-8-6-7-12(11-13)17-22-16(5-2)23-24-17/h6-11,14H,4-5H2,1-3H3,(H2,20,21,26)(H,22,23,24)/t14-/m0/s1. The number of aryl methyl sites for hydroxylation is 2. The van der Waals surface area contributed by atoms with Crippen LogP contribution in [0.3, 0.4) is 0 Å². The van der Waals surface area contributed by atoms with E-state index < -0.39 is 0 Å². The lowest BCUT2D eigenvalue weighted by Gasteiger charge is -2.18. The molecule has 2 aromatic heterocycles. The van der Waals surface area contributed by atoms with Crippen molar-refractivity contribution in [2.24, 2.45) is 7.05 Å². The second-order valence-electron chi connectivity index (χ2n) is 5.98. The normalized spacial score (nSPS) is 12.0. The largest absolute Gasteiger partial charge is 0.330 e.